The van der Waals surface area contributed by atoms with Crippen molar-refractivity contribution in [3.8, 4) is 5.75 Å². The number of hydrogen-bond acceptors (Lipinski definition) is 3. The third-order valence-corrected chi connectivity index (χ3v) is 5.01. The summed E-state index contributed by atoms with van der Waals surface area (Å²) in [4.78, 5) is 13.7. The molecule has 3 rings (SSSR count). The fraction of sp³-hybridized carbons (Fsp3) is 0.267. The van der Waals surface area contributed by atoms with Crippen molar-refractivity contribution < 1.29 is 9.90 Å². The van der Waals surface area contributed by atoms with E-state index in [1.807, 2.05) is 0 Å². The number of rotatable bonds is 1. The van der Waals surface area contributed by atoms with Gasteiger partial charge in [-0.05, 0) is 55.0 Å². The molecule has 0 aromatic heterocycles. The number of aromatic hydroxyl groups is 1. The standard InChI is InChI=1S/C15H14ClNO2S/c1-9-6-13(18)11(7-12(9)16)15(19)17-8-10-4-2-3-5-14(10)20-17/h4-7,18H,2-3,8H2,1H3. The zero-order valence-corrected chi connectivity index (χ0v) is 12.6. The molecule has 1 amide bonds. The van der Waals surface area contributed by atoms with Gasteiger partial charge in [0.25, 0.3) is 5.91 Å². The molecule has 1 aliphatic carbocycles. The topological polar surface area (TPSA) is 40.5 Å². The van der Waals surface area contributed by atoms with Gasteiger partial charge in [-0.25, -0.2) is 0 Å². The van der Waals surface area contributed by atoms with E-state index in [1.165, 1.54) is 23.6 Å². The predicted molar refractivity (Wildman–Crippen MR) is 81.9 cm³/mol. The SMILES string of the molecule is Cc1cc(O)c(C(=O)N2CC3=CCCC=C3S2)cc1Cl. The highest BCUT2D eigenvalue weighted by Crippen LogP contribution is 2.41. The first-order chi connectivity index (χ1) is 9.56. The molecule has 104 valence electrons. The number of phenols is 1. The summed E-state index contributed by atoms with van der Waals surface area (Å²) in [7, 11) is 0. The first kappa shape index (κ1) is 13.6. The van der Waals surface area contributed by atoms with E-state index in [9.17, 15) is 9.90 Å². The number of allylic oxidation sites excluding steroid dienone is 2. The molecular formula is C15H14ClNO2S. The van der Waals surface area contributed by atoms with Gasteiger partial charge in [-0.2, -0.15) is 0 Å². The lowest BCUT2D eigenvalue weighted by Gasteiger charge is -2.14. The van der Waals surface area contributed by atoms with Crippen LogP contribution in [0.15, 0.2) is 34.8 Å². The van der Waals surface area contributed by atoms with Crippen LogP contribution in [-0.4, -0.2) is 21.9 Å². The minimum atomic E-state index is -0.203. The number of fused-ring (bicyclic) bond motifs is 1. The number of phenolic OH excluding ortho intramolecular Hbond substituents is 1. The van der Waals surface area contributed by atoms with Crippen LogP contribution in [0.5, 0.6) is 5.75 Å². The first-order valence-corrected chi connectivity index (χ1v) is 7.60. The summed E-state index contributed by atoms with van der Waals surface area (Å²) < 4.78 is 1.67. The Morgan fingerprint density at radius 2 is 2.10 bits per heavy atom. The maximum atomic E-state index is 12.5. The summed E-state index contributed by atoms with van der Waals surface area (Å²) >= 11 is 7.49. The van der Waals surface area contributed by atoms with E-state index >= 15 is 0 Å². The largest absolute Gasteiger partial charge is 0.507 e. The van der Waals surface area contributed by atoms with Gasteiger partial charge in [0.05, 0.1) is 12.1 Å². The summed E-state index contributed by atoms with van der Waals surface area (Å²) in [6.45, 7) is 2.38. The lowest BCUT2D eigenvalue weighted by Crippen LogP contribution is -2.22. The van der Waals surface area contributed by atoms with Gasteiger partial charge in [-0.1, -0.05) is 23.8 Å². The molecule has 1 aromatic rings. The third kappa shape index (κ3) is 2.34. The molecule has 1 aliphatic heterocycles. The summed E-state index contributed by atoms with van der Waals surface area (Å²) in [5, 5.41) is 10.5. The van der Waals surface area contributed by atoms with Gasteiger partial charge < -0.3 is 5.11 Å². The van der Waals surface area contributed by atoms with E-state index in [1.54, 1.807) is 17.3 Å². The second-order valence-corrected chi connectivity index (χ2v) is 6.40. The van der Waals surface area contributed by atoms with Gasteiger partial charge in [0, 0.05) is 9.93 Å². The Kier molecular flexibility index (Phi) is 3.52. The number of hydrogen-bond donors (Lipinski definition) is 1. The van der Waals surface area contributed by atoms with Crippen molar-refractivity contribution in [3.63, 3.8) is 0 Å². The van der Waals surface area contributed by atoms with Crippen LogP contribution in [0.2, 0.25) is 5.02 Å². The first-order valence-electron chi connectivity index (χ1n) is 6.45. The minimum absolute atomic E-state index is 0.0182. The molecule has 0 atom stereocenters. The molecule has 1 N–H and O–H groups in total. The maximum Gasteiger partial charge on any atom is 0.268 e. The Bertz CT molecular complexity index is 630. The van der Waals surface area contributed by atoms with Crippen LogP contribution in [0.25, 0.3) is 0 Å². The number of carbonyl (C=O) groups is 1. The molecule has 1 saturated heterocycles. The van der Waals surface area contributed by atoms with Gasteiger partial charge in [0.1, 0.15) is 5.75 Å². The Labute approximate surface area is 127 Å². The number of halogens is 1. The number of aryl methyl sites for hydroxylation is 1. The highest BCUT2D eigenvalue weighted by atomic mass is 35.5. The summed E-state index contributed by atoms with van der Waals surface area (Å²) in [6.07, 6.45) is 6.39. The van der Waals surface area contributed by atoms with E-state index in [0.29, 0.717) is 11.6 Å². The molecule has 1 heterocycles. The molecule has 1 fully saturated rings. The van der Waals surface area contributed by atoms with Crippen LogP contribution in [0.4, 0.5) is 0 Å². The molecule has 0 radical (unpaired) electrons. The number of nitrogens with zero attached hydrogens (tertiary/aromatic N) is 1. The van der Waals surface area contributed by atoms with Crippen LogP contribution in [0.1, 0.15) is 28.8 Å². The van der Waals surface area contributed by atoms with E-state index in [4.69, 9.17) is 11.6 Å². The molecule has 3 nitrogen and oxygen atoms in total. The van der Waals surface area contributed by atoms with E-state index in [0.717, 1.165) is 23.3 Å². The lowest BCUT2D eigenvalue weighted by molar-refractivity contribution is 0.0880. The fourth-order valence-electron chi connectivity index (χ4n) is 2.33. The van der Waals surface area contributed by atoms with Gasteiger partial charge in [-0.3, -0.25) is 9.10 Å². The van der Waals surface area contributed by atoms with Crippen molar-refractivity contribution >= 4 is 29.5 Å². The van der Waals surface area contributed by atoms with Crippen molar-refractivity contribution in [1.29, 1.82) is 0 Å². The monoisotopic (exact) mass is 307 g/mol. The molecule has 0 bridgehead atoms. The molecule has 2 aliphatic rings. The summed E-state index contributed by atoms with van der Waals surface area (Å²) in [6, 6.07) is 3.07. The average molecular weight is 308 g/mol. The highest BCUT2D eigenvalue weighted by Gasteiger charge is 2.30. The number of carbonyl (C=O) groups excluding carboxylic acids is 1. The minimum Gasteiger partial charge on any atom is -0.507 e. The van der Waals surface area contributed by atoms with Gasteiger partial charge >= 0.3 is 0 Å². The van der Waals surface area contributed by atoms with Crippen molar-refractivity contribution in [2.75, 3.05) is 6.54 Å². The molecular weight excluding hydrogens is 294 g/mol. The smallest absolute Gasteiger partial charge is 0.268 e. The van der Waals surface area contributed by atoms with Crippen LogP contribution < -0.4 is 0 Å². The van der Waals surface area contributed by atoms with E-state index in [-0.39, 0.29) is 17.2 Å². The van der Waals surface area contributed by atoms with Crippen molar-refractivity contribution in [1.82, 2.24) is 4.31 Å². The summed E-state index contributed by atoms with van der Waals surface area (Å²) in [5.41, 5.74) is 2.22. The Morgan fingerprint density at radius 1 is 1.35 bits per heavy atom. The molecule has 1 aromatic carbocycles. The molecule has 20 heavy (non-hydrogen) atoms. The quantitative estimate of drug-likeness (QED) is 0.795. The van der Waals surface area contributed by atoms with Gasteiger partial charge in [-0.15, -0.1) is 0 Å². The molecule has 0 saturated carbocycles. The van der Waals surface area contributed by atoms with Crippen LogP contribution in [0, 0.1) is 6.92 Å². The molecule has 5 heteroatoms. The number of benzene rings is 1. The fourth-order valence-corrected chi connectivity index (χ4v) is 3.58. The number of amides is 1. The zero-order chi connectivity index (χ0) is 14.3. The summed E-state index contributed by atoms with van der Waals surface area (Å²) in [5.74, 6) is -0.221. The van der Waals surface area contributed by atoms with Crippen molar-refractivity contribution in [2.24, 2.45) is 0 Å². The Balaban J connectivity index is 1.89. The van der Waals surface area contributed by atoms with Gasteiger partial charge in [0.15, 0.2) is 0 Å². The van der Waals surface area contributed by atoms with Crippen molar-refractivity contribution in [2.45, 2.75) is 19.8 Å². The van der Waals surface area contributed by atoms with Crippen LogP contribution >= 0.6 is 23.5 Å². The Hall–Kier alpha value is -1.39. The normalized spacial score (nSPS) is 17.6. The predicted octanol–water partition coefficient (Wildman–Crippen LogP) is 4.06. The maximum absolute atomic E-state index is 12.5. The average Bonchev–Trinajstić information content (AvgIpc) is 2.86. The van der Waals surface area contributed by atoms with E-state index < -0.39 is 0 Å². The van der Waals surface area contributed by atoms with Crippen LogP contribution in [-0.2, 0) is 0 Å². The molecule has 0 spiro atoms. The lowest BCUT2D eigenvalue weighted by atomic mass is 10.1. The van der Waals surface area contributed by atoms with Crippen LogP contribution in [0.3, 0.4) is 0 Å². The van der Waals surface area contributed by atoms with Gasteiger partial charge in [0.2, 0.25) is 0 Å². The van der Waals surface area contributed by atoms with E-state index in [2.05, 4.69) is 12.2 Å². The molecule has 0 unspecified atom stereocenters. The zero-order valence-electron chi connectivity index (χ0n) is 11.0. The Morgan fingerprint density at radius 3 is 2.85 bits per heavy atom. The second-order valence-electron chi connectivity index (χ2n) is 4.93. The highest BCUT2D eigenvalue weighted by molar-refractivity contribution is 8.02. The van der Waals surface area contributed by atoms with Crippen molar-refractivity contribution in [3.05, 3.63) is 50.9 Å². The third-order valence-electron chi connectivity index (χ3n) is 3.46. The second kappa shape index (κ2) is 5.19.